The molecule has 2 heterocycles. The number of Topliss-reactive ketones (excluding diaryl/α,β-unsaturated/α-hetero) is 1. The molecule has 436 valence electrons. The van der Waals surface area contributed by atoms with Gasteiger partial charge in [-0.15, -0.1) is 0 Å². The number of rotatable bonds is 41. The van der Waals surface area contributed by atoms with Crippen molar-refractivity contribution in [3.8, 4) is 0 Å². The van der Waals surface area contributed by atoms with E-state index < -0.39 is 121 Å². The number of nitrogens with one attached hydrogen (secondary N) is 12. The van der Waals surface area contributed by atoms with Crippen molar-refractivity contribution in [2.45, 2.75) is 152 Å². The molecule has 2 aromatic rings. The molecule has 0 spiro atoms. The summed E-state index contributed by atoms with van der Waals surface area (Å²) in [7, 11) is 0. The number of amides is 9. The number of carbonyl (C=O) groups is 10. The van der Waals surface area contributed by atoms with E-state index in [-0.39, 0.29) is 76.3 Å². The molecule has 30 nitrogen and oxygen atoms in total. The summed E-state index contributed by atoms with van der Waals surface area (Å²) in [6.07, 6.45) is 8.41. The third kappa shape index (κ3) is 26.5. The summed E-state index contributed by atoms with van der Waals surface area (Å²) >= 11 is 0. The highest BCUT2D eigenvalue weighted by Crippen LogP contribution is 2.11. The second kappa shape index (κ2) is 37.2. The summed E-state index contributed by atoms with van der Waals surface area (Å²) in [6, 6.07) is -9.15. The Morgan fingerprint density at radius 1 is 0.538 bits per heavy atom. The smallest absolute Gasteiger partial charge is 0.245 e. The van der Waals surface area contributed by atoms with E-state index in [2.05, 4.69) is 67.8 Å². The van der Waals surface area contributed by atoms with Gasteiger partial charge >= 0.3 is 0 Å². The van der Waals surface area contributed by atoms with Crippen LogP contribution in [0.25, 0.3) is 0 Å². The average molecular weight is 1100 g/mol. The first-order chi connectivity index (χ1) is 37.2. The van der Waals surface area contributed by atoms with Gasteiger partial charge in [-0.1, -0.05) is 6.92 Å². The van der Waals surface area contributed by atoms with Gasteiger partial charge in [0.15, 0.2) is 11.7 Å². The van der Waals surface area contributed by atoms with Crippen LogP contribution < -0.4 is 76.5 Å². The van der Waals surface area contributed by atoms with Crippen LogP contribution in [0.1, 0.15) is 109 Å². The van der Waals surface area contributed by atoms with Crippen LogP contribution in [0.4, 0.5) is 0 Å². The molecule has 8 atom stereocenters. The lowest BCUT2D eigenvalue weighted by Crippen LogP contribution is -2.59. The topological polar surface area (TPSA) is 511 Å². The van der Waals surface area contributed by atoms with Crippen LogP contribution in [0.3, 0.4) is 0 Å². The highest BCUT2D eigenvalue weighted by atomic mass is 16.3. The lowest BCUT2D eigenvalue weighted by atomic mass is 10.0. The Balaban J connectivity index is 2.32. The van der Waals surface area contributed by atoms with Gasteiger partial charge in [-0.25, -0.2) is 9.97 Å². The summed E-state index contributed by atoms with van der Waals surface area (Å²) in [5.74, 6) is -8.61. The molecule has 78 heavy (non-hydrogen) atoms. The Kier molecular flexibility index (Phi) is 31.8. The van der Waals surface area contributed by atoms with E-state index in [1.54, 1.807) is 13.1 Å². The molecule has 9 amide bonds. The van der Waals surface area contributed by atoms with Crippen LogP contribution in [-0.4, -0.2) is 172 Å². The Morgan fingerprint density at radius 2 is 0.962 bits per heavy atom. The van der Waals surface area contributed by atoms with Gasteiger partial charge in [0, 0.05) is 44.1 Å². The van der Waals surface area contributed by atoms with Crippen LogP contribution in [-0.2, 0) is 60.8 Å². The molecule has 30 heteroatoms. The molecule has 0 saturated heterocycles. The van der Waals surface area contributed by atoms with E-state index in [1.165, 1.54) is 25.8 Å². The first-order valence-electron chi connectivity index (χ1n) is 26.2. The molecule has 0 aromatic carbocycles. The third-order valence-corrected chi connectivity index (χ3v) is 12.2. The molecule has 2 aromatic heterocycles. The molecular formula is C48H83N19O11. The van der Waals surface area contributed by atoms with Gasteiger partial charge in [-0.05, 0) is 104 Å². The lowest BCUT2D eigenvalue weighted by Gasteiger charge is -2.27. The number of hydrogen-bond acceptors (Lipinski definition) is 17. The second-order valence-corrected chi connectivity index (χ2v) is 18.8. The SMILES string of the molecule is CC(=O)[C@H](CCCCN)NC(=O)[C@H](CCCNC(=N)N)NC(=O)[C@H](CCCCN)NC(=O)[C@H](CCC(N)=O)NC(=O)[C@H](Cc1c[nH]cn1)NC(=O)CNC(=O)[C@H](CCCCN)NC(=O)[C@H](CO)NC(=O)[C@@H](C)Cc1c[nH]cn1. The van der Waals surface area contributed by atoms with Crippen LogP contribution in [0.5, 0.6) is 0 Å². The normalized spacial score (nSPS) is 14.1. The summed E-state index contributed by atoms with van der Waals surface area (Å²) in [4.78, 5) is 148. The van der Waals surface area contributed by atoms with Gasteiger partial charge in [0.1, 0.15) is 36.3 Å². The van der Waals surface area contributed by atoms with Crippen molar-refractivity contribution in [2.75, 3.05) is 39.3 Å². The fraction of sp³-hybridized carbons (Fsp3) is 0.646. The molecule has 2 rings (SSSR count). The van der Waals surface area contributed by atoms with Gasteiger partial charge in [0.25, 0.3) is 0 Å². The number of nitrogens with zero attached hydrogens (tertiary/aromatic N) is 2. The largest absolute Gasteiger partial charge is 0.394 e. The fourth-order valence-electron chi connectivity index (χ4n) is 7.78. The number of carbonyl (C=O) groups excluding carboxylic acids is 10. The Bertz CT molecular complexity index is 2220. The van der Waals surface area contributed by atoms with Gasteiger partial charge in [0.2, 0.25) is 53.2 Å². The first-order valence-corrected chi connectivity index (χ1v) is 26.2. The van der Waals surface area contributed by atoms with Crippen LogP contribution in [0, 0.1) is 11.3 Å². The Labute approximate surface area is 452 Å². The van der Waals surface area contributed by atoms with Crippen molar-refractivity contribution in [2.24, 2.45) is 34.6 Å². The number of aromatic amines is 2. The molecule has 0 saturated carbocycles. The van der Waals surface area contributed by atoms with Gasteiger partial charge < -0.3 is 91.6 Å². The molecule has 0 aliphatic heterocycles. The standard InChI is InChI=1S/C48H83N19O11/c1-28(20-30-22-55-26-59-30)41(72)67-38(25-68)47(78)63-33(11-4-7-17-50)42(73)58-24-40(71)61-37(21-31-23-56-27-60-31)46(77)66-36(14-15-39(52)70)45(76)64-34(12-5-8-18-51)44(75)65-35(13-9-19-57-48(53)54)43(74)62-32(29(2)69)10-3-6-16-49/h22-23,26-28,32-38,68H,3-21,24-25,49-51H2,1-2H3,(H2,52,70)(H,55,59)(H,56,60)(H,58,73)(H,61,71)(H,62,74)(H,63,78)(H,64,76)(H,65,75)(H,66,77)(H,67,72)(H4,53,54,57)/t28-,32-,33-,34-,35-,36-,37-,38-/m0/s1. The zero-order chi connectivity index (χ0) is 58.0. The predicted octanol–water partition coefficient (Wildman–Crippen LogP) is -5.44. The van der Waals surface area contributed by atoms with Gasteiger partial charge in [-0.3, -0.25) is 53.4 Å². The number of imidazole rings is 2. The van der Waals surface area contributed by atoms with E-state index in [0.717, 1.165) is 0 Å². The second-order valence-electron chi connectivity index (χ2n) is 18.8. The van der Waals surface area contributed by atoms with Crippen molar-refractivity contribution in [1.29, 1.82) is 5.41 Å². The minimum atomic E-state index is -1.54. The molecule has 0 aliphatic rings. The summed E-state index contributed by atoms with van der Waals surface area (Å²) < 4.78 is 0. The summed E-state index contributed by atoms with van der Waals surface area (Å²) in [5, 5.41) is 40.6. The van der Waals surface area contributed by atoms with Crippen LogP contribution in [0.2, 0.25) is 0 Å². The minimum absolute atomic E-state index is 0.00679. The van der Waals surface area contributed by atoms with E-state index >= 15 is 0 Å². The molecule has 0 radical (unpaired) electrons. The number of primary amides is 1. The predicted molar refractivity (Wildman–Crippen MR) is 284 cm³/mol. The highest BCUT2D eigenvalue weighted by molar-refractivity contribution is 5.98. The molecule has 0 aliphatic carbocycles. The molecule has 0 bridgehead atoms. The zero-order valence-corrected chi connectivity index (χ0v) is 44.6. The number of guanidine groups is 1. The summed E-state index contributed by atoms with van der Waals surface area (Å²) in [6.45, 7) is 2.47. The maximum atomic E-state index is 14.2. The summed E-state index contributed by atoms with van der Waals surface area (Å²) in [5.41, 5.74) is 28.8. The van der Waals surface area contributed by atoms with Crippen molar-refractivity contribution in [3.63, 3.8) is 0 Å². The monoisotopic (exact) mass is 1100 g/mol. The van der Waals surface area contributed by atoms with Crippen LogP contribution >= 0.6 is 0 Å². The molecule has 23 N–H and O–H groups in total. The van der Waals surface area contributed by atoms with Crippen molar-refractivity contribution in [1.82, 2.24) is 67.8 Å². The fourth-order valence-corrected chi connectivity index (χ4v) is 7.78. The number of hydrogen-bond donors (Lipinski definition) is 18. The maximum absolute atomic E-state index is 14.2. The van der Waals surface area contributed by atoms with E-state index in [1.807, 2.05) is 0 Å². The first kappa shape index (κ1) is 66.5. The van der Waals surface area contributed by atoms with E-state index in [0.29, 0.717) is 62.9 Å². The number of aromatic nitrogens is 4. The number of nitrogens with two attached hydrogens (primary N) is 5. The Morgan fingerprint density at radius 3 is 1.41 bits per heavy atom. The van der Waals surface area contributed by atoms with Crippen molar-refractivity contribution >= 4 is 64.9 Å². The maximum Gasteiger partial charge on any atom is 0.245 e. The quantitative estimate of drug-likeness (QED) is 0.0168. The van der Waals surface area contributed by atoms with Gasteiger partial charge in [0.05, 0.1) is 43.2 Å². The van der Waals surface area contributed by atoms with Gasteiger partial charge in [-0.2, -0.15) is 0 Å². The highest BCUT2D eigenvalue weighted by Gasteiger charge is 2.34. The third-order valence-electron chi connectivity index (χ3n) is 12.2. The number of H-pyrrole nitrogens is 2. The minimum Gasteiger partial charge on any atom is -0.394 e. The number of aliphatic hydroxyl groups excluding tert-OH is 1. The average Bonchev–Trinajstić information content (AvgIpc) is 4.13. The number of ketones is 1. The van der Waals surface area contributed by atoms with Crippen LogP contribution in [0.15, 0.2) is 25.0 Å². The lowest BCUT2D eigenvalue weighted by molar-refractivity contribution is -0.135. The zero-order valence-electron chi connectivity index (χ0n) is 44.6. The molecule has 0 unspecified atom stereocenters. The Hall–Kier alpha value is -7.57. The molecule has 0 fully saturated rings. The van der Waals surface area contributed by atoms with E-state index in [4.69, 9.17) is 34.1 Å². The van der Waals surface area contributed by atoms with E-state index in [9.17, 15) is 53.1 Å². The number of unbranched alkanes of at least 4 members (excludes halogenated alkanes) is 3. The molecular weight excluding hydrogens is 1020 g/mol. The van der Waals surface area contributed by atoms with Crippen molar-refractivity contribution in [3.05, 3.63) is 36.4 Å². The number of aliphatic hydroxyl groups is 1. The van der Waals surface area contributed by atoms with Crippen molar-refractivity contribution < 1.29 is 53.1 Å².